The molecular weight excluding hydrogens is 356 g/mol. The van der Waals surface area contributed by atoms with Crippen LogP contribution in [0.1, 0.15) is 23.1 Å². The third kappa shape index (κ3) is 4.97. The predicted octanol–water partition coefficient (Wildman–Crippen LogP) is 4.46. The number of aryl methyl sites for hydroxylation is 1. The number of nitrogens with zero attached hydrogens (tertiary/aromatic N) is 2. The van der Waals surface area contributed by atoms with Crippen molar-refractivity contribution in [3.8, 4) is 5.75 Å². The van der Waals surface area contributed by atoms with Crippen molar-refractivity contribution >= 4 is 29.0 Å². The fourth-order valence-electron chi connectivity index (χ4n) is 2.63. The quantitative estimate of drug-likeness (QED) is 0.587. The second-order valence-electron chi connectivity index (χ2n) is 5.97. The Morgan fingerprint density at radius 3 is 2.29 bits per heavy atom. The van der Waals surface area contributed by atoms with Crippen LogP contribution >= 0.6 is 0 Å². The lowest BCUT2D eigenvalue weighted by Crippen LogP contribution is -2.04. The first-order valence-corrected chi connectivity index (χ1v) is 8.88. The van der Waals surface area contributed by atoms with E-state index in [1.165, 1.54) is 7.11 Å². The van der Waals surface area contributed by atoms with E-state index in [4.69, 9.17) is 9.47 Å². The summed E-state index contributed by atoms with van der Waals surface area (Å²) in [6.07, 6.45) is 0. The van der Waals surface area contributed by atoms with Crippen LogP contribution in [0.3, 0.4) is 0 Å². The predicted molar refractivity (Wildman–Crippen MR) is 109 cm³/mol. The van der Waals surface area contributed by atoms with Crippen molar-refractivity contribution in [3.63, 3.8) is 0 Å². The second kappa shape index (κ2) is 8.85. The van der Waals surface area contributed by atoms with E-state index in [0.29, 0.717) is 29.6 Å². The summed E-state index contributed by atoms with van der Waals surface area (Å²) in [5.41, 5.74) is 2.08. The molecular formula is C21H22N4O3. The Balaban J connectivity index is 1.77. The van der Waals surface area contributed by atoms with E-state index in [-0.39, 0.29) is 5.97 Å². The van der Waals surface area contributed by atoms with Crippen molar-refractivity contribution < 1.29 is 14.3 Å². The molecule has 2 N–H and O–H groups in total. The number of esters is 1. The number of ether oxygens (including phenoxy) is 2. The highest BCUT2D eigenvalue weighted by atomic mass is 16.5. The van der Waals surface area contributed by atoms with E-state index in [2.05, 4.69) is 20.6 Å². The van der Waals surface area contributed by atoms with Crippen molar-refractivity contribution in [2.75, 3.05) is 24.4 Å². The molecule has 0 atom stereocenters. The van der Waals surface area contributed by atoms with Crippen LogP contribution in [0.15, 0.2) is 54.6 Å². The average molecular weight is 378 g/mol. The van der Waals surface area contributed by atoms with Crippen LogP contribution in [0.2, 0.25) is 0 Å². The van der Waals surface area contributed by atoms with Gasteiger partial charge in [-0.15, -0.1) is 0 Å². The topological polar surface area (TPSA) is 85.4 Å². The van der Waals surface area contributed by atoms with Crippen LogP contribution in [0.25, 0.3) is 0 Å². The fourth-order valence-corrected chi connectivity index (χ4v) is 2.63. The van der Waals surface area contributed by atoms with Gasteiger partial charge in [-0.1, -0.05) is 6.07 Å². The first kappa shape index (κ1) is 19.2. The number of nitrogens with one attached hydrogen (secondary N) is 2. The monoisotopic (exact) mass is 378 g/mol. The largest absolute Gasteiger partial charge is 0.494 e. The van der Waals surface area contributed by atoms with Gasteiger partial charge in [0.2, 0.25) is 0 Å². The summed E-state index contributed by atoms with van der Waals surface area (Å²) in [5, 5.41) is 6.46. The summed E-state index contributed by atoms with van der Waals surface area (Å²) in [7, 11) is 1.36. The molecule has 0 radical (unpaired) electrons. The third-order valence-corrected chi connectivity index (χ3v) is 3.83. The summed E-state index contributed by atoms with van der Waals surface area (Å²) in [5.74, 6) is 2.31. The highest BCUT2D eigenvalue weighted by Gasteiger charge is 2.08. The lowest BCUT2D eigenvalue weighted by molar-refractivity contribution is 0.0601. The van der Waals surface area contributed by atoms with Crippen LogP contribution in [-0.4, -0.2) is 29.7 Å². The summed E-state index contributed by atoms with van der Waals surface area (Å²) in [4.78, 5) is 20.5. The molecule has 1 heterocycles. The van der Waals surface area contributed by atoms with E-state index < -0.39 is 0 Å². The minimum absolute atomic E-state index is 0.389. The number of hydrogen-bond acceptors (Lipinski definition) is 7. The van der Waals surface area contributed by atoms with Gasteiger partial charge in [0.25, 0.3) is 0 Å². The molecule has 0 saturated heterocycles. The number of hydrogen-bond donors (Lipinski definition) is 2. The zero-order valence-corrected chi connectivity index (χ0v) is 16.0. The van der Waals surface area contributed by atoms with Crippen LogP contribution in [0, 0.1) is 6.92 Å². The molecule has 0 amide bonds. The van der Waals surface area contributed by atoms with Crippen molar-refractivity contribution in [1.82, 2.24) is 9.97 Å². The van der Waals surface area contributed by atoms with Gasteiger partial charge < -0.3 is 20.1 Å². The first-order valence-electron chi connectivity index (χ1n) is 8.88. The van der Waals surface area contributed by atoms with Gasteiger partial charge in [-0.05, 0) is 56.3 Å². The number of benzene rings is 2. The number of carbonyl (C=O) groups is 1. The highest BCUT2D eigenvalue weighted by Crippen LogP contribution is 2.22. The molecule has 2 aromatic carbocycles. The van der Waals surface area contributed by atoms with Crippen molar-refractivity contribution in [1.29, 1.82) is 0 Å². The highest BCUT2D eigenvalue weighted by molar-refractivity contribution is 5.90. The number of anilines is 4. The zero-order chi connectivity index (χ0) is 19.9. The molecule has 0 aliphatic carbocycles. The van der Waals surface area contributed by atoms with Gasteiger partial charge >= 0.3 is 5.97 Å². The maximum absolute atomic E-state index is 11.7. The normalized spacial score (nSPS) is 10.2. The summed E-state index contributed by atoms with van der Waals surface area (Å²) in [6.45, 7) is 4.40. The number of aromatic nitrogens is 2. The van der Waals surface area contributed by atoms with Crippen LogP contribution in [0.4, 0.5) is 23.0 Å². The Bertz CT molecular complexity index is 958. The molecule has 0 unspecified atom stereocenters. The molecule has 7 heteroatoms. The molecule has 3 aromatic rings. The molecule has 3 rings (SSSR count). The Morgan fingerprint density at radius 2 is 1.64 bits per heavy atom. The lowest BCUT2D eigenvalue weighted by Gasteiger charge is -2.11. The van der Waals surface area contributed by atoms with Crippen molar-refractivity contribution in [2.24, 2.45) is 0 Å². The molecule has 0 bridgehead atoms. The molecule has 28 heavy (non-hydrogen) atoms. The number of rotatable bonds is 7. The molecule has 0 aliphatic heterocycles. The van der Waals surface area contributed by atoms with E-state index >= 15 is 0 Å². The maximum Gasteiger partial charge on any atom is 0.337 e. The Hall–Kier alpha value is -3.61. The standard InChI is InChI=1S/C21H22N4O3/c1-4-28-18-10-8-16(9-11-18)24-19-13-20(23-14(2)22-19)25-17-7-5-6-15(12-17)21(26)27-3/h5-13H,4H2,1-3H3,(H2,22,23,24,25). The van der Waals surface area contributed by atoms with Gasteiger partial charge in [0.15, 0.2) is 0 Å². The lowest BCUT2D eigenvalue weighted by atomic mass is 10.2. The second-order valence-corrected chi connectivity index (χ2v) is 5.97. The van der Waals surface area contributed by atoms with Gasteiger partial charge in [0.05, 0.1) is 19.3 Å². The van der Waals surface area contributed by atoms with Crippen LogP contribution in [-0.2, 0) is 4.74 Å². The SMILES string of the molecule is CCOc1ccc(Nc2cc(Nc3cccc(C(=O)OC)c3)nc(C)n2)cc1. The van der Waals surface area contributed by atoms with Gasteiger partial charge in [-0.3, -0.25) is 0 Å². The van der Waals surface area contributed by atoms with Gasteiger partial charge in [-0.2, -0.15) is 0 Å². The molecule has 7 nitrogen and oxygen atoms in total. The van der Waals surface area contributed by atoms with E-state index in [9.17, 15) is 4.79 Å². The number of methoxy groups -OCH3 is 1. The third-order valence-electron chi connectivity index (χ3n) is 3.83. The minimum Gasteiger partial charge on any atom is -0.494 e. The van der Waals surface area contributed by atoms with Gasteiger partial charge in [-0.25, -0.2) is 14.8 Å². The molecule has 0 spiro atoms. The molecule has 0 fully saturated rings. The zero-order valence-electron chi connectivity index (χ0n) is 16.0. The Labute approximate surface area is 163 Å². The minimum atomic E-state index is -0.389. The Kier molecular flexibility index (Phi) is 6.06. The van der Waals surface area contributed by atoms with Crippen LogP contribution < -0.4 is 15.4 Å². The van der Waals surface area contributed by atoms with Crippen molar-refractivity contribution in [3.05, 3.63) is 66.0 Å². The summed E-state index contributed by atoms with van der Waals surface area (Å²) < 4.78 is 10.2. The molecule has 1 aromatic heterocycles. The van der Waals surface area contributed by atoms with Gasteiger partial charge in [0.1, 0.15) is 23.2 Å². The summed E-state index contributed by atoms with van der Waals surface area (Å²) in [6, 6.07) is 16.5. The van der Waals surface area contributed by atoms with Crippen LogP contribution in [0.5, 0.6) is 5.75 Å². The summed E-state index contributed by atoms with van der Waals surface area (Å²) >= 11 is 0. The fraction of sp³-hybridized carbons (Fsp3) is 0.190. The smallest absolute Gasteiger partial charge is 0.337 e. The van der Waals surface area contributed by atoms with E-state index in [1.54, 1.807) is 24.3 Å². The van der Waals surface area contributed by atoms with E-state index in [1.807, 2.05) is 44.2 Å². The molecule has 144 valence electrons. The molecule has 0 aliphatic rings. The first-order chi connectivity index (χ1) is 13.6. The Morgan fingerprint density at radius 1 is 0.964 bits per heavy atom. The van der Waals surface area contributed by atoms with E-state index in [0.717, 1.165) is 17.1 Å². The number of carbonyl (C=O) groups excluding carboxylic acids is 1. The average Bonchev–Trinajstić information content (AvgIpc) is 2.69. The molecule has 0 saturated carbocycles. The van der Waals surface area contributed by atoms with Gasteiger partial charge in [0, 0.05) is 17.4 Å². The van der Waals surface area contributed by atoms with Crippen molar-refractivity contribution in [2.45, 2.75) is 13.8 Å². The maximum atomic E-state index is 11.7.